The van der Waals surface area contributed by atoms with E-state index >= 15 is 0 Å². The van der Waals surface area contributed by atoms with Crippen molar-refractivity contribution in [2.45, 2.75) is 6.92 Å². The fourth-order valence-corrected chi connectivity index (χ4v) is 2.27. The van der Waals surface area contributed by atoms with Crippen molar-refractivity contribution < 1.29 is 14.3 Å². The third kappa shape index (κ3) is 5.35. The summed E-state index contributed by atoms with van der Waals surface area (Å²) in [6, 6.07) is 12.9. The first kappa shape index (κ1) is 18.5. The summed E-state index contributed by atoms with van der Waals surface area (Å²) < 4.78 is 4.97. The average Bonchev–Trinajstić information content (AvgIpc) is 2.55. The molecule has 0 heterocycles. The molecule has 1 N–H and O–H groups in total. The number of halogens is 2. The van der Waals surface area contributed by atoms with E-state index in [1.807, 2.05) is 6.07 Å². The Morgan fingerprint density at radius 3 is 2.64 bits per heavy atom. The molecule has 7 heteroatoms. The Balaban J connectivity index is 2.25. The lowest BCUT2D eigenvalue weighted by atomic mass is 10.1. The number of carbonyl (C=O) groups excluding carboxylic acids is 2. The molecular formula is C18H12Cl2N2O3. The van der Waals surface area contributed by atoms with E-state index in [1.54, 1.807) is 30.3 Å². The van der Waals surface area contributed by atoms with Gasteiger partial charge in [-0.15, -0.1) is 0 Å². The number of benzene rings is 2. The molecular weight excluding hydrogens is 363 g/mol. The molecule has 0 bridgehead atoms. The smallest absolute Gasteiger partial charge is 0.308 e. The Labute approximate surface area is 154 Å². The van der Waals surface area contributed by atoms with E-state index < -0.39 is 11.9 Å². The molecule has 0 unspecified atom stereocenters. The number of nitriles is 1. The quantitative estimate of drug-likeness (QED) is 0.370. The average molecular weight is 375 g/mol. The number of nitrogens with zero attached hydrogens (tertiary/aromatic N) is 1. The van der Waals surface area contributed by atoms with Gasteiger partial charge in [0.25, 0.3) is 5.91 Å². The fourth-order valence-electron chi connectivity index (χ4n) is 1.93. The first-order valence-electron chi connectivity index (χ1n) is 7.05. The molecule has 0 aliphatic heterocycles. The maximum absolute atomic E-state index is 12.3. The molecule has 2 aromatic rings. The molecule has 0 spiro atoms. The Morgan fingerprint density at radius 2 is 1.96 bits per heavy atom. The molecule has 5 nitrogen and oxygen atoms in total. The zero-order chi connectivity index (χ0) is 18.4. The van der Waals surface area contributed by atoms with E-state index in [9.17, 15) is 14.9 Å². The number of rotatable bonds is 4. The summed E-state index contributed by atoms with van der Waals surface area (Å²) in [7, 11) is 0. The van der Waals surface area contributed by atoms with Gasteiger partial charge in [-0.25, -0.2) is 0 Å². The predicted octanol–water partition coefficient (Wildman–Crippen LogP) is 4.46. The van der Waals surface area contributed by atoms with Crippen LogP contribution in [0, 0.1) is 11.3 Å². The number of anilines is 1. The number of amides is 1. The molecule has 2 aromatic carbocycles. The van der Waals surface area contributed by atoms with Gasteiger partial charge in [0.2, 0.25) is 0 Å². The molecule has 0 radical (unpaired) electrons. The number of ether oxygens (including phenoxy) is 1. The first-order valence-corrected chi connectivity index (χ1v) is 7.81. The van der Waals surface area contributed by atoms with Crippen LogP contribution < -0.4 is 10.1 Å². The third-order valence-electron chi connectivity index (χ3n) is 2.97. The van der Waals surface area contributed by atoms with E-state index in [0.717, 1.165) is 0 Å². The molecule has 0 aliphatic carbocycles. The highest BCUT2D eigenvalue weighted by molar-refractivity contribution is 6.36. The van der Waals surface area contributed by atoms with Crippen LogP contribution in [-0.4, -0.2) is 11.9 Å². The minimum atomic E-state index is -0.635. The lowest BCUT2D eigenvalue weighted by molar-refractivity contribution is -0.131. The Hall–Kier alpha value is -2.81. The number of hydrogen-bond donors (Lipinski definition) is 1. The summed E-state index contributed by atoms with van der Waals surface area (Å²) in [5.74, 6) is -0.781. The van der Waals surface area contributed by atoms with Crippen molar-refractivity contribution >= 4 is 46.8 Å². The normalized spacial score (nSPS) is 10.7. The van der Waals surface area contributed by atoms with Crippen LogP contribution >= 0.6 is 23.2 Å². The molecule has 0 fully saturated rings. The zero-order valence-electron chi connectivity index (χ0n) is 13.0. The molecule has 25 heavy (non-hydrogen) atoms. The van der Waals surface area contributed by atoms with Crippen LogP contribution in [0.5, 0.6) is 5.75 Å². The minimum absolute atomic E-state index is 0.143. The summed E-state index contributed by atoms with van der Waals surface area (Å²) >= 11 is 11.9. The van der Waals surface area contributed by atoms with Crippen molar-refractivity contribution in [1.82, 2.24) is 0 Å². The van der Waals surface area contributed by atoms with Gasteiger partial charge in [0, 0.05) is 11.9 Å². The number of esters is 1. The molecule has 0 saturated carbocycles. The topological polar surface area (TPSA) is 79.2 Å². The van der Waals surface area contributed by atoms with Crippen LogP contribution in [0.4, 0.5) is 5.69 Å². The summed E-state index contributed by atoms with van der Waals surface area (Å²) in [4.78, 5) is 23.3. The number of nitrogens with one attached hydrogen (secondary N) is 1. The van der Waals surface area contributed by atoms with Crippen molar-refractivity contribution in [1.29, 1.82) is 5.26 Å². The van der Waals surface area contributed by atoms with Gasteiger partial charge in [0.1, 0.15) is 17.4 Å². The second-order valence-electron chi connectivity index (χ2n) is 4.91. The van der Waals surface area contributed by atoms with Crippen LogP contribution in [-0.2, 0) is 9.59 Å². The molecule has 1 amide bonds. The number of hydrogen-bond acceptors (Lipinski definition) is 4. The summed E-state index contributed by atoms with van der Waals surface area (Å²) in [5, 5.41) is 12.5. The first-order chi connectivity index (χ1) is 11.9. The number of carbonyl (C=O) groups is 2. The maximum Gasteiger partial charge on any atom is 0.308 e. The minimum Gasteiger partial charge on any atom is -0.427 e. The van der Waals surface area contributed by atoms with E-state index in [0.29, 0.717) is 27.0 Å². The molecule has 0 aromatic heterocycles. The van der Waals surface area contributed by atoms with E-state index in [1.165, 1.54) is 25.1 Å². The van der Waals surface area contributed by atoms with Crippen LogP contribution in [0.1, 0.15) is 12.5 Å². The van der Waals surface area contributed by atoms with Gasteiger partial charge in [-0.3, -0.25) is 9.59 Å². The van der Waals surface area contributed by atoms with Gasteiger partial charge in [0.15, 0.2) is 0 Å². The third-order valence-corrected chi connectivity index (χ3v) is 3.54. The van der Waals surface area contributed by atoms with Crippen LogP contribution in [0.3, 0.4) is 0 Å². The maximum atomic E-state index is 12.3. The highest BCUT2D eigenvalue weighted by atomic mass is 35.5. The lowest BCUT2D eigenvalue weighted by Gasteiger charge is -2.07. The van der Waals surface area contributed by atoms with Gasteiger partial charge < -0.3 is 10.1 Å². The summed E-state index contributed by atoms with van der Waals surface area (Å²) in [6.45, 7) is 1.28. The van der Waals surface area contributed by atoms with Gasteiger partial charge in [-0.2, -0.15) is 5.26 Å². The molecule has 0 aliphatic rings. The summed E-state index contributed by atoms with van der Waals surface area (Å²) in [6.07, 6.45) is 1.38. The molecule has 2 rings (SSSR count). The largest absolute Gasteiger partial charge is 0.427 e. The Bertz CT molecular complexity index is 901. The van der Waals surface area contributed by atoms with Gasteiger partial charge in [-0.05, 0) is 42.0 Å². The van der Waals surface area contributed by atoms with Crippen LogP contribution in [0.2, 0.25) is 10.0 Å². The molecule has 0 atom stereocenters. The van der Waals surface area contributed by atoms with Gasteiger partial charge >= 0.3 is 5.97 Å². The van der Waals surface area contributed by atoms with Crippen molar-refractivity contribution in [3.8, 4) is 11.8 Å². The second-order valence-corrected chi connectivity index (χ2v) is 5.76. The van der Waals surface area contributed by atoms with E-state index in [4.69, 9.17) is 27.9 Å². The van der Waals surface area contributed by atoms with Gasteiger partial charge in [0.05, 0.1) is 10.7 Å². The summed E-state index contributed by atoms with van der Waals surface area (Å²) in [5.41, 5.74) is 0.688. The van der Waals surface area contributed by atoms with Crippen molar-refractivity contribution in [2.24, 2.45) is 0 Å². The lowest BCUT2D eigenvalue weighted by Crippen LogP contribution is -2.13. The standard InChI is InChI=1S/C18H12Cl2N2O3/c1-11(23)25-15-4-2-3-12(8-15)7-13(10-21)18(24)22-17-9-14(19)5-6-16(17)20/h2-9H,1H3,(H,22,24)/b13-7-. The van der Waals surface area contributed by atoms with Crippen molar-refractivity contribution in [3.05, 3.63) is 63.6 Å². The highest BCUT2D eigenvalue weighted by Gasteiger charge is 2.12. The monoisotopic (exact) mass is 374 g/mol. The van der Waals surface area contributed by atoms with E-state index in [-0.39, 0.29) is 5.57 Å². The highest BCUT2D eigenvalue weighted by Crippen LogP contribution is 2.26. The van der Waals surface area contributed by atoms with Gasteiger partial charge in [-0.1, -0.05) is 35.3 Å². The molecule has 126 valence electrons. The zero-order valence-corrected chi connectivity index (χ0v) is 14.6. The second kappa shape index (κ2) is 8.34. The fraction of sp³-hybridized carbons (Fsp3) is 0.0556. The van der Waals surface area contributed by atoms with Crippen molar-refractivity contribution in [2.75, 3.05) is 5.32 Å². The van der Waals surface area contributed by atoms with Crippen LogP contribution in [0.25, 0.3) is 6.08 Å². The molecule has 0 saturated heterocycles. The Morgan fingerprint density at radius 1 is 1.20 bits per heavy atom. The SMILES string of the molecule is CC(=O)Oc1cccc(/C=C(/C#N)C(=O)Nc2cc(Cl)ccc2Cl)c1. The van der Waals surface area contributed by atoms with Crippen LogP contribution in [0.15, 0.2) is 48.0 Å². The Kier molecular flexibility index (Phi) is 6.18. The van der Waals surface area contributed by atoms with Crippen molar-refractivity contribution in [3.63, 3.8) is 0 Å². The predicted molar refractivity (Wildman–Crippen MR) is 96.4 cm³/mol. The van der Waals surface area contributed by atoms with E-state index in [2.05, 4.69) is 5.32 Å².